The van der Waals surface area contributed by atoms with Gasteiger partial charge >= 0.3 is 0 Å². The van der Waals surface area contributed by atoms with E-state index in [1.165, 1.54) is 0 Å². The van der Waals surface area contributed by atoms with Crippen LogP contribution < -0.4 is 5.56 Å². The highest BCUT2D eigenvalue weighted by molar-refractivity contribution is 6.30. The third-order valence-corrected chi connectivity index (χ3v) is 4.97. The van der Waals surface area contributed by atoms with Gasteiger partial charge in [0.2, 0.25) is 5.82 Å². The van der Waals surface area contributed by atoms with Gasteiger partial charge in [-0.05, 0) is 30.3 Å². The Labute approximate surface area is 170 Å². The molecule has 5 aromatic rings. The number of hydrogen-bond donors (Lipinski definition) is 0. The maximum atomic E-state index is 13.1. The number of aromatic nitrogens is 3. The van der Waals surface area contributed by atoms with Gasteiger partial charge in [0.1, 0.15) is 0 Å². The predicted octanol–water partition coefficient (Wildman–Crippen LogP) is 5.36. The van der Waals surface area contributed by atoms with E-state index in [-0.39, 0.29) is 5.56 Å². The number of halogens is 1. The van der Waals surface area contributed by atoms with Gasteiger partial charge in [-0.25, -0.2) is 0 Å². The molecule has 0 unspecified atom stereocenters. The highest BCUT2D eigenvalue weighted by Crippen LogP contribution is 2.28. The first-order chi connectivity index (χ1) is 14.2. The number of rotatable bonds is 3. The molecule has 0 aliphatic rings. The molecule has 0 radical (unpaired) electrons. The molecule has 140 valence electrons. The minimum Gasteiger partial charge on any atom is -0.334 e. The molecule has 29 heavy (non-hydrogen) atoms. The zero-order chi connectivity index (χ0) is 19.8. The lowest BCUT2D eigenvalue weighted by atomic mass is 10.1. The minimum absolute atomic E-state index is 0.130. The summed E-state index contributed by atoms with van der Waals surface area (Å²) in [5, 5.41) is 6.04. The van der Waals surface area contributed by atoms with Gasteiger partial charge in [-0.3, -0.25) is 9.36 Å². The van der Waals surface area contributed by atoms with Crippen molar-refractivity contribution >= 4 is 22.4 Å². The molecule has 3 aromatic carbocycles. The van der Waals surface area contributed by atoms with Crippen molar-refractivity contribution in [3.05, 3.63) is 100 Å². The topological polar surface area (TPSA) is 60.9 Å². The Balaban J connectivity index is 1.74. The van der Waals surface area contributed by atoms with E-state index in [2.05, 4.69) is 10.1 Å². The first kappa shape index (κ1) is 17.4. The molecule has 6 heteroatoms. The standard InChI is InChI=1S/C23H14ClN3O2/c24-16-10-12-17(13-11-16)27-14-20(18-8-4-5-9-19(18)23(27)28)22-25-21(26-29-22)15-6-2-1-3-7-15/h1-14H. The quantitative estimate of drug-likeness (QED) is 0.409. The fraction of sp³-hybridized carbons (Fsp3) is 0. The number of nitrogens with zero attached hydrogens (tertiary/aromatic N) is 3. The summed E-state index contributed by atoms with van der Waals surface area (Å²) >= 11 is 6.00. The molecule has 0 spiro atoms. The van der Waals surface area contributed by atoms with Crippen LogP contribution in [0.3, 0.4) is 0 Å². The Morgan fingerprint density at radius 3 is 2.28 bits per heavy atom. The van der Waals surface area contributed by atoms with Gasteiger partial charge in [-0.1, -0.05) is 65.3 Å². The molecule has 0 fully saturated rings. The number of fused-ring (bicyclic) bond motifs is 1. The fourth-order valence-electron chi connectivity index (χ4n) is 3.29. The first-order valence-electron chi connectivity index (χ1n) is 9.00. The zero-order valence-electron chi connectivity index (χ0n) is 15.1. The number of benzene rings is 3. The molecule has 0 amide bonds. The van der Waals surface area contributed by atoms with Crippen molar-refractivity contribution in [2.24, 2.45) is 0 Å². The molecule has 0 aliphatic carbocycles. The monoisotopic (exact) mass is 399 g/mol. The van der Waals surface area contributed by atoms with Crippen LogP contribution in [0.2, 0.25) is 5.02 Å². The summed E-state index contributed by atoms with van der Waals surface area (Å²) < 4.78 is 7.14. The van der Waals surface area contributed by atoms with E-state index in [1.807, 2.05) is 48.5 Å². The smallest absolute Gasteiger partial charge is 0.262 e. The minimum atomic E-state index is -0.130. The van der Waals surface area contributed by atoms with E-state index in [4.69, 9.17) is 16.1 Å². The lowest BCUT2D eigenvalue weighted by molar-refractivity contribution is 0.432. The number of hydrogen-bond acceptors (Lipinski definition) is 4. The fourth-order valence-corrected chi connectivity index (χ4v) is 3.42. The second-order valence-electron chi connectivity index (χ2n) is 6.53. The van der Waals surface area contributed by atoms with E-state index in [0.717, 1.165) is 10.9 Å². The van der Waals surface area contributed by atoms with Gasteiger partial charge in [0.05, 0.1) is 5.56 Å². The second kappa shape index (κ2) is 7.04. The van der Waals surface area contributed by atoms with Crippen molar-refractivity contribution in [3.8, 4) is 28.5 Å². The summed E-state index contributed by atoms with van der Waals surface area (Å²) in [6.07, 6.45) is 1.73. The van der Waals surface area contributed by atoms with Gasteiger partial charge in [-0.15, -0.1) is 0 Å². The molecule has 0 saturated heterocycles. The third kappa shape index (κ3) is 3.11. The molecule has 0 bridgehead atoms. The molecule has 0 aliphatic heterocycles. The average Bonchev–Trinajstić information content (AvgIpc) is 3.26. The maximum absolute atomic E-state index is 13.1. The van der Waals surface area contributed by atoms with Crippen molar-refractivity contribution in [3.63, 3.8) is 0 Å². The van der Waals surface area contributed by atoms with Gasteiger partial charge < -0.3 is 4.52 Å². The Hall–Kier alpha value is -3.70. The molecule has 2 aromatic heterocycles. The molecule has 2 heterocycles. The summed E-state index contributed by atoms with van der Waals surface area (Å²) in [4.78, 5) is 17.7. The van der Waals surface area contributed by atoms with E-state index < -0.39 is 0 Å². The van der Waals surface area contributed by atoms with E-state index in [0.29, 0.717) is 33.4 Å². The average molecular weight is 400 g/mol. The lowest BCUT2D eigenvalue weighted by Crippen LogP contribution is -2.18. The van der Waals surface area contributed by atoms with Gasteiger partial charge in [0.25, 0.3) is 11.4 Å². The summed E-state index contributed by atoms with van der Waals surface area (Å²) in [5.41, 5.74) is 2.12. The first-order valence-corrected chi connectivity index (χ1v) is 9.38. The largest absolute Gasteiger partial charge is 0.334 e. The molecule has 5 rings (SSSR count). The Bertz CT molecular complexity index is 1370. The van der Waals surface area contributed by atoms with Crippen LogP contribution in [0, 0.1) is 0 Å². The van der Waals surface area contributed by atoms with Gasteiger partial charge in [-0.2, -0.15) is 4.98 Å². The number of pyridine rings is 1. The Morgan fingerprint density at radius 2 is 1.52 bits per heavy atom. The van der Waals surface area contributed by atoms with Crippen LogP contribution in [0.4, 0.5) is 0 Å². The molecule has 0 atom stereocenters. The van der Waals surface area contributed by atoms with E-state index in [9.17, 15) is 4.79 Å². The molecule has 0 N–H and O–H groups in total. The second-order valence-corrected chi connectivity index (χ2v) is 6.97. The zero-order valence-corrected chi connectivity index (χ0v) is 15.9. The molecular formula is C23H14ClN3O2. The van der Waals surface area contributed by atoms with Crippen LogP contribution in [-0.4, -0.2) is 14.7 Å². The predicted molar refractivity (Wildman–Crippen MR) is 113 cm³/mol. The van der Waals surface area contributed by atoms with Crippen LogP contribution in [0.1, 0.15) is 0 Å². The van der Waals surface area contributed by atoms with Crippen LogP contribution >= 0.6 is 11.6 Å². The van der Waals surface area contributed by atoms with Crippen LogP contribution in [0.15, 0.2) is 94.4 Å². The van der Waals surface area contributed by atoms with E-state index >= 15 is 0 Å². The normalized spacial score (nSPS) is 11.1. The Morgan fingerprint density at radius 1 is 0.828 bits per heavy atom. The van der Waals surface area contributed by atoms with Gasteiger partial charge in [0, 0.05) is 33.2 Å². The van der Waals surface area contributed by atoms with Crippen LogP contribution in [0.5, 0.6) is 0 Å². The van der Waals surface area contributed by atoms with Crippen molar-refractivity contribution in [1.29, 1.82) is 0 Å². The summed E-state index contributed by atoms with van der Waals surface area (Å²) in [6, 6.07) is 24.1. The molecule has 0 saturated carbocycles. The van der Waals surface area contributed by atoms with Crippen LogP contribution in [-0.2, 0) is 0 Å². The maximum Gasteiger partial charge on any atom is 0.262 e. The summed E-state index contributed by atoms with van der Waals surface area (Å²) in [6.45, 7) is 0. The molecule has 5 nitrogen and oxygen atoms in total. The van der Waals surface area contributed by atoms with Crippen LogP contribution in [0.25, 0.3) is 39.3 Å². The lowest BCUT2D eigenvalue weighted by Gasteiger charge is -2.10. The molecular weight excluding hydrogens is 386 g/mol. The highest BCUT2D eigenvalue weighted by Gasteiger charge is 2.17. The van der Waals surface area contributed by atoms with Gasteiger partial charge in [0.15, 0.2) is 0 Å². The van der Waals surface area contributed by atoms with Crippen molar-refractivity contribution in [2.75, 3.05) is 0 Å². The van der Waals surface area contributed by atoms with Crippen molar-refractivity contribution < 1.29 is 4.52 Å². The summed E-state index contributed by atoms with van der Waals surface area (Å²) in [7, 11) is 0. The third-order valence-electron chi connectivity index (χ3n) is 4.72. The van der Waals surface area contributed by atoms with Crippen molar-refractivity contribution in [2.45, 2.75) is 0 Å². The highest BCUT2D eigenvalue weighted by atomic mass is 35.5. The SMILES string of the molecule is O=c1c2ccccc2c(-c2nc(-c3ccccc3)no2)cn1-c1ccc(Cl)cc1. The Kier molecular flexibility index (Phi) is 4.22. The van der Waals surface area contributed by atoms with Crippen molar-refractivity contribution in [1.82, 2.24) is 14.7 Å². The van der Waals surface area contributed by atoms with E-state index in [1.54, 1.807) is 41.1 Å². The summed E-state index contributed by atoms with van der Waals surface area (Å²) in [5.74, 6) is 0.844.